The third-order valence-electron chi connectivity index (χ3n) is 6.53. The molecule has 2 aliphatic rings. The van der Waals surface area contributed by atoms with Gasteiger partial charge in [0.1, 0.15) is 11.9 Å². The lowest BCUT2D eigenvalue weighted by Gasteiger charge is -2.31. The van der Waals surface area contributed by atoms with Gasteiger partial charge in [0.05, 0.1) is 17.7 Å². The van der Waals surface area contributed by atoms with Crippen LogP contribution < -0.4 is 13.8 Å². The molecule has 0 N–H and O–H groups in total. The van der Waals surface area contributed by atoms with Crippen molar-refractivity contribution in [2.75, 3.05) is 18.0 Å². The summed E-state index contributed by atoms with van der Waals surface area (Å²) in [5.74, 6) is 0.266. The second-order valence-corrected chi connectivity index (χ2v) is 10.5. The molecule has 0 amide bonds. The van der Waals surface area contributed by atoms with E-state index in [1.807, 2.05) is 30.3 Å². The first-order chi connectivity index (χ1) is 15.9. The lowest BCUT2D eigenvalue weighted by Crippen LogP contribution is -2.35. The molecule has 0 radical (unpaired) electrons. The average molecular weight is 468 g/mol. The summed E-state index contributed by atoms with van der Waals surface area (Å²) in [7, 11) is -2.58. The molecule has 2 atom stereocenters. The molecule has 1 aliphatic carbocycles. The van der Waals surface area contributed by atoms with Gasteiger partial charge in [-0.1, -0.05) is 37.3 Å². The Labute approximate surface area is 193 Å². The Kier molecular flexibility index (Phi) is 5.52. The molecule has 3 aromatic rings. The summed E-state index contributed by atoms with van der Waals surface area (Å²) in [5, 5.41) is 0. The monoisotopic (exact) mass is 467 g/mol. The SMILES string of the molecule is COc1cc(S(=O)(=O)N2CCCc3ccc(OC4c5ccccc5CC4C)cc32)ccc1F. The Balaban J connectivity index is 1.49. The minimum Gasteiger partial charge on any atom is -0.494 e. The van der Waals surface area contributed by atoms with E-state index in [-0.39, 0.29) is 16.7 Å². The maximum absolute atomic E-state index is 13.9. The summed E-state index contributed by atoms with van der Waals surface area (Å²) in [6.45, 7) is 2.52. The van der Waals surface area contributed by atoms with Gasteiger partial charge in [0.2, 0.25) is 0 Å². The average Bonchev–Trinajstić information content (AvgIpc) is 3.13. The third-order valence-corrected chi connectivity index (χ3v) is 8.34. The van der Waals surface area contributed by atoms with Crippen LogP contribution in [0.2, 0.25) is 0 Å². The van der Waals surface area contributed by atoms with Crippen molar-refractivity contribution in [2.45, 2.75) is 37.2 Å². The van der Waals surface area contributed by atoms with Crippen LogP contribution in [0.3, 0.4) is 0 Å². The first-order valence-electron chi connectivity index (χ1n) is 11.1. The highest BCUT2D eigenvalue weighted by atomic mass is 32.2. The number of rotatable bonds is 5. The molecule has 0 fully saturated rings. The fourth-order valence-corrected chi connectivity index (χ4v) is 6.40. The third kappa shape index (κ3) is 3.84. The van der Waals surface area contributed by atoms with Crippen LogP contribution in [-0.2, 0) is 22.9 Å². The Morgan fingerprint density at radius 2 is 1.85 bits per heavy atom. The van der Waals surface area contributed by atoms with Crippen LogP contribution in [0.25, 0.3) is 0 Å². The molecule has 0 spiro atoms. The van der Waals surface area contributed by atoms with Crippen LogP contribution in [0.15, 0.2) is 65.6 Å². The van der Waals surface area contributed by atoms with E-state index in [2.05, 4.69) is 19.1 Å². The Morgan fingerprint density at radius 1 is 1.03 bits per heavy atom. The molecule has 1 heterocycles. The number of fused-ring (bicyclic) bond motifs is 2. The molecule has 7 heteroatoms. The Bertz CT molecular complexity index is 1310. The second-order valence-electron chi connectivity index (χ2n) is 8.69. The highest BCUT2D eigenvalue weighted by Crippen LogP contribution is 2.41. The normalized spacial score (nSPS) is 19.7. The predicted molar refractivity (Wildman–Crippen MR) is 125 cm³/mol. The largest absolute Gasteiger partial charge is 0.494 e. The zero-order valence-corrected chi connectivity index (χ0v) is 19.4. The fourth-order valence-electron chi connectivity index (χ4n) is 4.86. The number of anilines is 1. The molecular weight excluding hydrogens is 441 g/mol. The number of ether oxygens (including phenoxy) is 2. The van der Waals surface area contributed by atoms with Crippen molar-refractivity contribution < 1.29 is 22.3 Å². The van der Waals surface area contributed by atoms with Gasteiger partial charge < -0.3 is 9.47 Å². The van der Waals surface area contributed by atoms with Crippen molar-refractivity contribution in [2.24, 2.45) is 5.92 Å². The van der Waals surface area contributed by atoms with Gasteiger partial charge in [0, 0.05) is 24.6 Å². The van der Waals surface area contributed by atoms with E-state index >= 15 is 0 Å². The number of methoxy groups -OCH3 is 1. The molecule has 1 aliphatic heterocycles. The number of halogens is 1. The first-order valence-corrected chi connectivity index (χ1v) is 12.6. The van der Waals surface area contributed by atoms with E-state index in [4.69, 9.17) is 9.47 Å². The molecule has 0 bridgehead atoms. The zero-order chi connectivity index (χ0) is 23.2. The van der Waals surface area contributed by atoms with Crippen LogP contribution in [-0.4, -0.2) is 22.1 Å². The molecule has 5 nitrogen and oxygen atoms in total. The number of hydrogen-bond donors (Lipinski definition) is 0. The van der Waals surface area contributed by atoms with Crippen LogP contribution in [0.5, 0.6) is 11.5 Å². The van der Waals surface area contributed by atoms with E-state index < -0.39 is 15.8 Å². The maximum atomic E-state index is 13.9. The van der Waals surface area contributed by atoms with E-state index in [9.17, 15) is 12.8 Å². The number of aryl methyl sites for hydroxylation is 1. The second kappa shape index (κ2) is 8.37. The number of nitrogens with zero attached hydrogens (tertiary/aromatic N) is 1. The van der Waals surface area contributed by atoms with Crippen molar-refractivity contribution in [1.82, 2.24) is 0 Å². The van der Waals surface area contributed by atoms with Gasteiger partial charge in [0.15, 0.2) is 11.6 Å². The van der Waals surface area contributed by atoms with Crippen molar-refractivity contribution in [1.29, 1.82) is 0 Å². The van der Waals surface area contributed by atoms with Crippen LogP contribution in [0.4, 0.5) is 10.1 Å². The van der Waals surface area contributed by atoms with Crippen molar-refractivity contribution >= 4 is 15.7 Å². The van der Waals surface area contributed by atoms with E-state index in [1.165, 1.54) is 34.7 Å². The summed E-state index contributed by atoms with van der Waals surface area (Å²) in [4.78, 5) is -0.00161. The van der Waals surface area contributed by atoms with E-state index in [1.54, 1.807) is 0 Å². The number of sulfonamides is 1. The predicted octanol–water partition coefficient (Wildman–Crippen LogP) is 5.29. The van der Waals surface area contributed by atoms with Gasteiger partial charge in [-0.3, -0.25) is 4.31 Å². The van der Waals surface area contributed by atoms with E-state index in [0.29, 0.717) is 30.3 Å². The zero-order valence-electron chi connectivity index (χ0n) is 18.6. The Hall–Kier alpha value is -3.06. The molecule has 0 saturated heterocycles. The first kappa shape index (κ1) is 21.8. The smallest absolute Gasteiger partial charge is 0.264 e. The van der Waals surface area contributed by atoms with Gasteiger partial charge in [0.25, 0.3) is 10.0 Å². The standard InChI is InChI=1S/C26H26FNO4S/c1-17-14-19-6-3-4-8-22(19)26(17)32-20-10-9-18-7-5-13-28(24(18)15-20)33(29,30)21-11-12-23(27)25(16-21)31-2/h3-4,6,8-12,15-17,26H,5,7,13-14H2,1-2H3. The maximum Gasteiger partial charge on any atom is 0.264 e. The van der Waals surface area contributed by atoms with Gasteiger partial charge in [-0.2, -0.15) is 0 Å². The summed E-state index contributed by atoms with van der Waals surface area (Å²) in [6.07, 6.45) is 2.38. The molecule has 33 heavy (non-hydrogen) atoms. The minimum atomic E-state index is -3.90. The highest BCUT2D eigenvalue weighted by molar-refractivity contribution is 7.92. The summed E-state index contributed by atoms with van der Waals surface area (Å²) in [6, 6.07) is 17.6. The van der Waals surface area contributed by atoms with Crippen molar-refractivity contribution in [3.05, 3.63) is 83.2 Å². The van der Waals surface area contributed by atoms with Crippen LogP contribution in [0.1, 0.15) is 36.1 Å². The molecule has 3 aromatic carbocycles. The number of hydrogen-bond acceptors (Lipinski definition) is 4. The van der Waals surface area contributed by atoms with Crippen molar-refractivity contribution in [3.8, 4) is 11.5 Å². The topological polar surface area (TPSA) is 55.8 Å². The number of benzene rings is 3. The van der Waals surface area contributed by atoms with Gasteiger partial charge in [-0.15, -0.1) is 0 Å². The van der Waals surface area contributed by atoms with Crippen molar-refractivity contribution in [3.63, 3.8) is 0 Å². The molecule has 2 unspecified atom stereocenters. The highest BCUT2D eigenvalue weighted by Gasteiger charge is 2.33. The fraction of sp³-hybridized carbons (Fsp3) is 0.308. The lowest BCUT2D eigenvalue weighted by molar-refractivity contribution is 0.159. The molecule has 5 rings (SSSR count). The molecule has 0 aromatic heterocycles. The lowest BCUT2D eigenvalue weighted by atomic mass is 10.0. The summed E-state index contributed by atoms with van der Waals surface area (Å²) < 4.78 is 53.7. The quantitative estimate of drug-likeness (QED) is 0.512. The summed E-state index contributed by atoms with van der Waals surface area (Å²) in [5.41, 5.74) is 4.04. The van der Waals surface area contributed by atoms with Gasteiger partial charge in [-0.25, -0.2) is 12.8 Å². The Morgan fingerprint density at radius 3 is 2.67 bits per heavy atom. The van der Waals surface area contributed by atoms with Gasteiger partial charge >= 0.3 is 0 Å². The minimum absolute atomic E-state index is 0.00161. The van der Waals surface area contributed by atoms with E-state index in [0.717, 1.165) is 24.5 Å². The molecule has 0 saturated carbocycles. The molecule has 172 valence electrons. The molecular formula is C26H26FNO4S. The summed E-state index contributed by atoms with van der Waals surface area (Å²) >= 11 is 0. The van der Waals surface area contributed by atoms with Crippen LogP contribution >= 0.6 is 0 Å². The van der Waals surface area contributed by atoms with Crippen LogP contribution in [0, 0.1) is 11.7 Å². The van der Waals surface area contributed by atoms with Gasteiger partial charge in [-0.05, 0) is 54.2 Å².